The van der Waals surface area contributed by atoms with Gasteiger partial charge >= 0.3 is 0 Å². The van der Waals surface area contributed by atoms with Crippen molar-refractivity contribution >= 4 is 35.4 Å². The van der Waals surface area contributed by atoms with Crippen LogP contribution in [0.5, 0.6) is 0 Å². The minimum atomic E-state index is 0.908. The van der Waals surface area contributed by atoms with E-state index in [0.29, 0.717) is 0 Å². The molecule has 1 aromatic rings. The Labute approximate surface area is 91.9 Å². The number of rotatable bonds is 2. The second kappa shape index (κ2) is 4.50. The number of pyridine rings is 1. The molecule has 0 saturated carbocycles. The van der Waals surface area contributed by atoms with E-state index in [1.807, 2.05) is 32.1 Å². The molecule has 2 nitrogen and oxygen atoms in total. The Morgan fingerprint density at radius 1 is 1.62 bits per heavy atom. The van der Waals surface area contributed by atoms with Crippen LogP contribution in [0.2, 0.25) is 0 Å². The largest absolute Gasteiger partial charge is 0.269 e. The van der Waals surface area contributed by atoms with Gasteiger partial charge in [-0.2, -0.15) is 0 Å². The summed E-state index contributed by atoms with van der Waals surface area (Å²) in [6, 6.07) is 4.02. The van der Waals surface area contributed by atoms with Gasteiger partial charge < -0.3 is 0 Å². The second-order valence-electron chi connectivity index (χ2n) is 2.75. The minimum Gasteiger partial charge on any atom is -0.269 e. The highest BCUT2D eigenvalue weighted by Crippen LogP contribution is 2.12. The third-order valence-electron chi connectivity index (χ3n) is 1.71. The van der Waals surface area contributed by atoms with Gasteiger partial charge in [-0.05, 0) is 60.9 Å². The van der Waals surface area contributed by atoms with Crippen LogP contribution in [0.3, 0.4) is 0 Å². The average molecular weight is 286 g/mol. The maximum absolute atomic E-state index is 4.34. The lowest BCUT2D eigenvalue weighted by atomic mass is 10.2. The maximum Gasteiger partial charge on any atom is 0.101 e. The SMILES string of the molecule is C=N/C(C)=C\c1ccc(I)nc1C. The molecule has 0 aliphatic heterocycles. The summed E-state index contributed by atoms with van der Waals surface area (Å²) in [5.41, 5.74) is 3.03. The third-order valence-corrected chi connectivity index (χ3v) is 2.31. The zero-order valence-corrected chi connectivity index (χ0v) is 9.87. The number of aromatic nitrogens is 1. The molecule has 0 atom stereocenters. The van der Waals surface area contributed by atoms with Crippen LogP contribution >= 0.6 is 22.6 Å². The zero-order valence-electron chi connectivity index (χ0n) is 7.71. The monoisotopic (exact) mass is 286 g/mol. The molecule has 0 amide bonds. The molecule has 0 N–H and O–H groups in total. The van der Waals surface area contributed by atoms with Crippen LogP contribution in [-0.4, -0.2) is 11.7 Å². The number of aliphatic imine (C=N–C) groups is 1. The van der Waals surface area contributed by atoms with E-state index in [-0.39, 0.29) is 0 Å². The first-order valence-electron chi connectivity index (χ1n) is 3.91. The lowest BCUT2D eigenvalue weighted by molar-refractivity contribution is 1.15. The van der Waals surface area contributed by atoms with Crippen LogP contribution in [-0.2, 0) is 0 Å². The molecule has 0 aliphatic carbocycles. The van der Waals surface area contributed by atoms with E-state index in [1.165, 1.54) is 0 Å². The first-order chi connectivity index (χ1) is 6.13. The number of hydrogen-bond acceptors (Lipinski definition) is 2. The summed E-state index contributed by atoms with van der Waals surface area (Å²) in [6.07, 6.45) is 1.98. The summed E-state index contributed by atoms with van der Waals surface area (Å²) in [4.78, 5) is 8.17. The van der Waals surface area contributed by atoms with Crippen molar-refractivity contribution in [1.29, 1.82) is 0 Å². The number of allylic oxidation sites excluding steroid dienone is 1. The molecular formula is C10H11IN2. The molecular weight excluding hydrogens is 275 g/mol. The van der Waals surface area contributed by atoms with Crippen molar-refractivity contribution in [2.75, 3.05) is 0 Å². The topological polar surface area (TPSA) is 25.2 Å². The smallest absolute Gasteiger partial charge is 0.101 e. The second-order valence-corrected chi connectivity index (χ2v) is 3.86. The summed E-state index contributed by atoms with van der Waals surface area (Å²) >= 11 is 2.20. The van der Waals surface area contributed by atoms with Gasteiger partial charge in [-0.15, -0.1) is 0 Å². The van der Waals surface area contributed by atoms with Gasteiger partial charge in [0.25, 0.3) is 0 Å². The average Bonchev–Trinajstić information content (AvgIpc) is 2.09. The van der Waals surface area contributed by atoms with Gasteiger partial charge in [0.1, 0.15) is 3.70 Å². The van der Waals surface area contributed by atoms with Gasteiger partial charge in [0.15, 0.2) is 0 Å². The Morgan fingerprint density at radius 2 is 2.31 bits per heavy atom. The molecule has 0 aromatic carbocycles. The lowest BCUT2D eigenvalue weighted by Gasteiger charge is -2.00. The number of halogens is 1. The Morgan fingerprint density at radius 3 is 2.85 bits per heavy atom. The summed E-state index contributed by atoms with van der Waals surface area (Å²) in [6.45, 7) is 7.38. The molecule has 0 radical (unpaired) electrons. The molecule has 68 valence electrons. The van der Waals surface area contributed by atoms with Gasteiger partial charge in [0.05, 0.1) is 0 Å². The van der Waals surface area contributed by atoms with E-state index >= 15 is 0 Å². The summed E-state index contributed by atoms with van der Waals surface area (Å²) in [5.74, 6) is 0. The van der Waals surface area contributed by atoms with Gasteiger partial charge in [0, 0.05) is 11.4 Å². The molecule has 0 fully saturated rings. The summed E-state index contributed by atoms with van der Waals surface area (Å²) in [7, 11) is 0. The maximum atomic E-state index is 4.34. The highest BCUT2D eigenvalue weighted by atomic mass is 127. The minimum absolute atomic E-state index is 0.908. The van der Waals surface area contributed by atoms with Crippen molar-refractivity contribution in [3.63, 3.8) is 0 Å². The van der Waals surface area contributed by atoms with Gasteiger partial charge in [-0.25, -0.2) is 4.98 Å². The van der Waals surface area contributed by atoms with E-state index in [9.17, 15) is 0 Å². The van der Waals surface area contributed by atoms with Gasteiger partial charge in [0.2, 0.25) is 0 Å². The fourth-order valence-corrected chi connectivity index (χ4v) is 1.51. The van der Waals surface area contributed by atoms with E-state index in [0.717, 1.165) is 20.7 Å². The van der Waals surface area contributed by atoms with Crippen molar-refractivity contribution in [3.05, 3.63) is 32.8 Å². The summed E-state index contributed by atoms with van der Waals surface area (Å²) in [5, 5.41) is 0. The van der Waals surface area contributed by atoms with E-state index in [4.69, 9.17) is 0 Å². The first-order valence-corrected chi connectivity index (χ1v) is 4.99. The first kappa shape index (κ1) is 10.4. The van der Waals surface area contributed by atoms with Crippen LogP contribution in [0.25, 0.3) is 6.08 Å². The van der Waals surface area contributed by atoms with Crippen LogP contribution in [0.1, 0.15) is 18.2 Å². The normalized spacial score (nSPS) is 11.5. The molecule has 0 unspecified atom stereocenters. The predicted molar refractivity (Wildman–Crippen MR) is 64.9 cm³/mol. The molecule has 1 aromatic heterocycles. The predicted octanol–water partition coefficient (Wildman–Crippen LogP) is 3.06. The van der Waals surface area contributed by atoms with E-state index in [2.05, 4.69) is 39.3 Å². The molecule has 0 saturated heterocycles. The van der Waals surface area contributed by atoms with Crippen molar-refractivity contribution < 1.29 is 0 Å². The van der Waals surface area contributed by atoms with E-state index < -0.39 is 0 Å². The van der Waals surface area contributed by atoms with Crippen molar-refractivity contribution in [1.82, 2.24) is 4.98 Å². The van der Waals surface area contributed by atoms with E-state index in [1.54, 1.807) is 0 Å². The number of nitrogens with zero attached hydrogens (tertiary/aromatic N) is 2. The Hall–Kier alpha value is -0.710. The molecule has 13 heavy (non-hydrogen) atoms. The Bertz CT molecular complexity index is 356. The Balaban J connectivity index is 3.09. The van der Waals surface area contributed by atoms with Crippen LogP contribution in [0, 0.1) is 10.6 Å². The zero-order chi connectivity index (χ0) is 9.84. The lowest BCUT2D eigenvalue weighted by Crippen LogP contribution is -1.89. The van der Waals surface area contributed by atoms with Crippen molar-refractivity contribution in [2.24, 2.45) is 4.99 Å². The Kier molecular flexibility index (Phi) is 3.59. The van der Waals surface area contributed by atoms with Crippen LogP contribution in [0.15, 0.2) is 22.8 Å². The quantitative estimate of drug-likeness (QED) is 0.466. The molecule has 1 heterocycles. The molecule has 0 spiro atoms. The van der Waals surface area contributed by atoms with Crippen LogP contribution in [0.4, 0.5) is 0 Å². The van der Waals surface area contributed by atoms with Crippen molar-refractivity contribution in [3.8, 4) is 0 Å². The fourth-order valence-electron chi connectivity index (χ4n) is 0.964. The van der Waals surface area contributed by atoms with Gasteiger partial charge in [-0.1, -0.05) is 6.07 Å². The fraction of sp³-hybridized carbons (Fsp3) is 0.200. The summed E-state index contributed by atoms with van der Waals surface area (Å²) < 4.78 is 1.01. The third kappa shape index (κ3) is 2.91. The molecule has 0 aliphatic rings. The highest BCUT2D eigenvalue weighted by molar-refractivity contribution is 14.1. The number of hydrogen-bond donors (Lipinski definition) is 0. The molecule has 3 heteroatoms. The van der Waals surface area contributed by atoms with Crippen LogP contribution < -0.4 is 0 Å². The number of aryl methyl sites for hydroxylation is 1. The standard InChI is InChI=1S/C10H11IN2/c1-7(12-3)6-9-4-5-10(11)13-8(9)2/h4-6H,3H2,1-2H3/b7-6-. The molecule has 1 rings (SSSR count). The van der Waals surface area contributed by atoms with Crippen molar-refractivity contribution in [2.45, 2.75) is 13.8 Å². The molecule has 0 bridgehead atoms. The highest BCUT2D eigenvalue weighted by Gasteiger charge is 1.97. The van der Waals surface area contributed by atoms with Gasteiger partial charge in [-0.3, -0.25) is 4.99 Å².